The van der Waals surface area contributed by atoms with Gasteiger partial charge in [-0.15, -0.1) is 0 Å². The molecule has 2 N–H and O–H groups in total. The first-order chi connectivity index (χ1) is 8.79. The number of hydrogen-bond acceptors (Lipinski definition) is 3. The molecule has 0 fully saturated rings. The number of carbonyl (C=O) groups excluding carboxylic acids is 1. The summed E-state index contributed by atoms with van der Waals surface area (Å²) in [6.07, 6.45) is 1.09. The van der Waals surface area contributed by atoms with E-state index in [1.165, 1.54) is 6.92 Å². The topological polar surface area (TPSA) is 75.6 Å². The molecule has 0 radical (unpaired) electrons. The van der Waals surface area contributed by atoms with Crippen molar-refractivity contribution in [1.82, 2.24) is 0 Å². The van der Waals surface area contributed by atoms with E-state index >= 15 is 0 Å². The van der Waals surface area contributed by atoms with Crippen LogP contribution < -0.4 is 5.32 Å². The minimum absolute atomic E-state index is 0.249. The van der Waals surface area contributed by atoms with Crippen LogP contribution in [0.15, 0.2) is 23.8 Å². The van der Waals surface area contributed by atoms with Gasteiger partial charge in [0.1, 0.15) is 5.60 Å². The number of nitrogens with one attached hydrogen (secondary N) is 1. The minimum Gasteiger partial charge on any atom is -0.478 e. The lowest BCUT2D eigenvalue weighted by Crippen LogP contribution is -2.34. The molecule has 100 valence electrons. The third-order valence-corrected chi connectivity index (χ3v) is 3.00. The highest BCUT2D eigenvalue weighted by Crippen LogP contribution is 2.36. The fraction of sp³-hybridized carbons (Fsp3) is 0.286. The molecule has 0 saturated heterocycles. The van der Waals surface area contributed by atoms with Gasteiger partial charge in [0.25, 0.3) is 0 Å². The average molecular weight is 261 g/mol. The van der Waals surface area contributed by atoms with E-state index in [1.54, 1.807) is 32.1 Å². The van der Waals surface area contributed by atoms with E-state index in [0.717, 1.165) is 11.1 Å². The van der Waals surface area contributed by atoms with Crippen LogP contribution >= 0.6 is 0 Å². The van der Waals surface area contributed by atoms with Crippen molar-refractivity contribution in [3.05, 3.63) is 34.9 Å². The van der Waals surface area contributed by atoms with Crippen molar-refractivity contribution in [2.75, 3.05) is 5.32 Å². The van der Waals surface area contributed by atoms with Crippen LogP contribution in [-0.4, -0.2) is 17.2 Å². The normalized spacial score (nSPS) is 17.2. The molecule has 1 aliphatic rings. The first-order valence-corrected chi connectivity index (χ1v) is 5.86. The van der Waals surface area contributed by atoms with E-state index in [4.69, 9.17) is 9.84 Å². The van der Waals surface area contributed by atoms with Crippen molar-refractivity contribution in [1.29, 1.82) is 0 Å². The van der Waals surface area contributed by atoms with E-state index in [2.05, 4.69) is 5.32 Å². The van der Waals surface area contributed by atoms with Crippen LogP contribution in [0.25, 0.3) is 6.08 Å². The van der Waals surface area contributed by atoms with Crippen LogP contribution in [0, 0.1) is 0 Å². The van der Waals surface area contributed by atoms with Gasteiger partial charge in [0.2, 0.25) is 0 Å². The quantitative estimate of drug-likeness (QED) is 0.802. The molecule has 0 aliphatic carbocycles. The van der Waals surface area contributed by atoms with Crippen molar-refractivity contribution in [3.8, 4) is 0 Å². The lowest BCUT2D eigenvalue weighted by atomic mass is 9.92. The van der Waals surface area contributed by atoms with Crippen molar-refractivity contribution in [2.45, 2.75) is 26.4 Å². The molecule has 0 spiro atoms. The van der Waals surface area contributed by atoms with Gasteiger partial charge in [0, 0.05) is 11.1 Å². The van der Waals surface area contributed by atoms with Gasteiger partial charge in [0.05, 0.1) is 5.69 Å². The zero-order valence-corrected chi connectivity index (χ0v) is 11.0. The summed E-state index contributed by atoms with van der Waals surface area (Å²) in [4.78, 5) is 22.2. The maximum Gasteiger partial charge on any atom is 0.412 e. The van der Waals surface area contributed by atoms with Crippen LogP contribution in [0.5, 0.6) is 0 Å². The number of carboxylic acids is 1. The maximum atomic E-state index is 11.4. The highest BCUT2D eigenvalue weighted by Gasteiger charge is 2.33. The van der Waals surface area contributed by atoms with Gasteiger partial charge < -0.3 is 9.84 Å². The van der Waals surface area contributed by atoms with E-state index in [0.29, 0.717) is 5.69 Å². The van der Waals surface area contributed by atoms with Gasteiger partial charge >= 0.3 is 12.1 Å². The molecule has 0 saturated carbocycles. The van der Waals surface area contributed by atoms with Gasteiger partial charge in [-0.25, -0.2) is 9.59 Å². The molecule has 0 unspecified atom stereocenters. The predicted molar refractivity (Wildman–Crippen MR) is 70.9 cm³/mol. The van der Waals surface area contributed by atoms with E-state index in [1.807, 2.05) is 6.07 Å². The van der Waals surface area contributed by atoms with Crippen LogP contribution in [0.4, 0.5) is 10.5 Å². The summed E-state index contributed by atoms with van der Waals surface area (Å²) in [5.41, 5.74) is 1.77. The van der Waals surface area contributed by atoms with Crippen molar-refractivity contribution in [2.24, 2.45) is 0 Å². The summed E-state index contributed by atoms with van der Waals surface area (Å²) in [5.74, 6) is -0.957. The maximum absolute atomic E-state index is 11.4. The van der Waals surface area contributed by atoms with Gasteiger partial charge in [-0.1, -0.05) is 6.07 Å². The number of aliphatic carboxylic acids is 1. The lowest BCUT2D eigenvalue weighted by Gasteiger charge is -2.32. The van der Waals surface area contributed by atoms with Crippen molar-refractivity contribution < 1.29 is 19.4 Å². The van der Waals surface area contributed by atoms with Crippen molar-refractivity contribution >= 4 is 23.8 Å². The number of fused-ring (bicyclic) bond motifs is 1. The molecule has 0 bridgehead atoms. The minimum atomic E-state index is -0.957. The molecule has 1 aliphatic heterocycles. The highest BCUT2D eigenvalue weighted by atomic mass is 16.6. The van der Waals surface area contributed by atoms with E-state index in [9.17, 15) is 9.59 Å². The summed E-state index contributed by atoms with van der Waals surface area (Å²) < 4.78 is 5.22. The second kappa shape index (κ2) is 4.42. The number of amides is 1. The Hall–Kier alpha value is -2.30. The highest BCUT2D eigenvalue weighted by molar-refractivity contribution is 5.92. The zero-order chi connectivity index (χ0) is 14.2. The Balaban J connectivity index is 2.47. The average Bonchev–Trinajstić information content (AvgIpc) is 2.28. The van der Waals surface area contributed by atoms with Crippen molar-refractivity contribution in [3.63, 3.8) is 0 Å². The Morgan fingerprint density at radius 2 is 2.11 bits per heavy atom. The summed E-state index contributed by atoms with van der Waals surface area (Å²) in [7, 11) is 0. The number of carboxylic acid groups (broad SMARTS) is 1. The second-order valence-electron chi connectivity index (χ2n) is 4.96. The third-order valence-electron chi connectivity index (χ3n) is 3.00. The monoisotopic (exact) mass is 261 g/mol. The third kappa shape index (κ3) is 2.59. The molecule has 0 atom stereocenters. The number of hydrogen-bond donors (Lipinski definition) is 2. The Morgan fingerprint density at radius 3 is 2.74 bits per heavy atom. The number of ether oxygens (including phenoxy) is 1. The molecule has 0 aromatic heterocycles. The number of rotatable bonds is 2. The fourth-order valence-corrected chi connectivity index (χ4v) is 1.99. The Kier molecular flexibility index (Phi) is 3.06. The number of anilines is 1. The van der Waals surface area contributed by atoms with Crippen LogP contribution in [0.3, 0.4) is 0 Å². The Labute approximate surface area is 110 Å². The zero-order valence-electron chi connectivity index (χ0n) is 11.0. The Bertz CT molecular complexity index is 587. The van der Waals surface area contributed by atoms with Crippen LogP contribution in [-0.2, 0) is 15.1 Å². The molecule has 19 heavy (non-hydrogen) atoms. The summed E-state index contributed by atoms with van der Waals surface area (Å²) in [6.45, 7) is 5.12. The molecular formula is C14H15NO4. The van der Waals surface area contributed by atoms with Gasteiger partial charge in [0.15, 0.2) is 0 Å². The van der Waals surface area contributed by atoms with E-state index < -0.39 is 17.7 Å². The molecule has 1 aromatic carbocycles. The summed E-state index contributed by atoms with van der Waals surface area (Å²) >= 11 is 0. The first-order valence-electron chi connectivity index (χ1n) is 5.86. The van der Waals surface area contributed by atoms with Gasteiger partial charge in [-0.05, 0) is 44.5 Å². The first kappa shape index (κ1) is 13.1. The van der Waals surface area contributed by atoms with Gasteiger partial charge in [-0.3, -0.25) is 5.32 Å². The van der Waals surface area contributed by atoms with Crippen LogP contribution in [0.1, 0.15) is 31.9 Å². The summed E-state index contributed by atoms with van der Waals surface area (Å²) in [5, 5.41) is 11.5. The molecular weight excluding hydrogens is 246 g/mol. The number of carbonyl (C=O) groups is 2. The standard InChI is InChI=1S/C14H15NO4/c1-8(12(16)17)6-9-4-5-11-10(7-9)14(2,3)19-13(18)15-11/h4-7H,1-3H3,(H,15,18)(H,16,17)/b8-6+. The molecule has 5 heteroatoms. The molecule has 1 amide bonds. The number of cyclic esters (lactones) is 1. The lowest BCUT2D eigenvalue weighted by molar-refractivity contribution is -0.132. The molecule has 1 heterocycles. The van der Waals surface area contributed by atoms with E-state index in [-0.39, 0.29) is 5.57 Å². The fourth-order valence-electron chi connectivity index (χ4n) is 1.99. The molecule has 1 aromatic rings. The number of benzene rings is 1. The summed E-state index contributed by atoms with van der Waals surface area (Å²) in [6, 6.07) is 5.33. The van der Waals surface area contributed by atoms with Crippen LogP contribution in [0.2, 0.25) is 0 Å². The predicted octanol–water partition coefficient (Wildman–Crippen LogP) is 2.97. The largest absolute Gasteiger partial charge is 0.478 e. The molecule has 2 rings (SSSR count). The van der Waals surface area contributed by atoms with Gasteiger partial charge in [-0.2, -0.15) is 0 Å². The SMILES string of the molecule is C/C(=C\c1ccc2c(c1)C(C)(C)OC(=O)N2)C(=O)O. The second-order valence-corrected chi connectivity index (χ2v) is 4.96. The molecule has 5 nitrogen and oxygen atoms in total. The smallest absolute Gasteiger partial charge is 0.412 e. The Morgan fingerprint density at radius 1 is 1.42 bits per heavy atom.